The van der Waals surface area contributed by atoms with Crippen molar-refractivity contribution >= 4 is 5.91 Å². The molecule has 18 heavy (non-hydrogen) atoms. The monoisotopic (exact) mass is 256 g/mol. The molecule has 0 unspecified atom stereocenters. The Bertz CT molecular complexity index is 433. The number of hydrogen-bond acceptors (Lipinski definition) is 2. The first kappa shape index (κ1) is 14.6. The molecule has 0 heterocycles. The fourth-order valence-electron chi connectivity index (χ4n) is 1.47. The van der Waals surface area contributed by atoms with Gasteiger partial charge in [-0.15, -0.1) is 0 Å². The zero-order valence-electron chi connectivity index (χ0n) is 10.6. The van der Waals surface area contributed by atoms with Crippen molar-refractivity contribution in [2.45, 2.75) is 32.2 Å². The SMILES string of the molecule is CC(C)(CN)NC(=O)CCc1cc(F)ccc1F. The van der Waals surface area contributed by atoms with Crippen LogP contribution in [0.2, 0.25) is 0 Å². The van der Waals surface area contributed by atoms with E-state index >= 15 is 0 Å². The first-order valence-electron chi connectivity index (χ1n) is 5.79. The van der Waals surface area contributed by atoms with Crippen LogP contribution in [-0.4, -0.2) is 18.0 Å². The van der Waals surface area contributed by atoms with Gasteiger partial charge in [-0.2, -0.15) is 0 Å². The molecule has 0 aliphatic heterocycles. The Morgan fingerprint density at radius 3 is 2.67 bits per heavy atom. The number of rotatable bonds is 5. The minimum absolute atomic E-state index is 0.101. The molecular formula is C13H18F2N2O. The molecule has 0 aliphatic rings. The first-order valence-corrected chi connectivity index (χ1v) is 5.79. The fourth-order valence-corrected chi connectivity index (χ4v) is 1.47. The van der Waals surface area contributed by atoms with Gasteiger partial charge in [0, 0.05) is 18.5 Å². The lowest BCUT2D eigenvalue weighted by Crippen LogP contribution is -2.48. The van der Waals surface area contributed by atoms with Crippen molar-refractivity contribution in [2.24, 2.45) is 5.73 Å². The summed E-state index contributed by atoms with van der Waals surface area (Å²) < 4.78 is 26.2. The van der Waals surface area contributed by atoms with Gasteiger partial charge in [-0.1, -0.05) is 0 Å². The van der Waals surface area contributed by atoms with Gasteiger partial charge in [0.15, 0.2) is 0 Å². The van der Waals surface area contributed by atoms with Crippen LogP contribution in [0.15, 0.2) is 18.2 Å². The molecule has 3 N–H and O–H groups in total. The summed E-state index contributed by atoms with van der Waals surface area (Å²) in [5.74, 6) is -1.23. The molecule has 0 spiro atoms. The summed E-state index contributed by atoms with van der Waals surface area (Å²) in [6.07, 6.45) is 0.264. The molecule has 5 heteroatoms. The molecule has 0 atom stereocenters. The zero-order chi connectivity index (χ0) is 13.8. The van der Waals surface area contributed by atoms with Crippen molar-refractivity contribution in [3.63, 3.8) is 0 Å². The molecule has 0 fully saturated rings. The van der Waals surface area contributed by atoms with Crippen LogP contribution in [0, 0.1) is 11.6 Å². The number of carbonyl (C=O) groups is 1. The van der Waals surface area contributed by atoms with E-state index in [2.05, 4.69) is 5.32 Å². The molecule has 3 nitrogen and oxygen atoms in total. The van der Waals surface area contributed by atoms with E-state index in [4.69, 9.17) is 5.73 Å². The lowest BCUT2D eigenvalue weighted by atomic mass is 10.0. The van der Waals surface area contributed by atoms with E-state index in [1.54, 1.807) is 13.8 Å². The van der Waals surface area contributed by atoms with Crippen molar-refractivity contribution in [3.8, 4) is 0 Å². The number of amides is 1. The molecule has 1 aromatic rings. The molecule has 100 valence electrons. The average Bonchev–Trinajstić information content (AvgIpc) is 2.30. The summed E-state index contributed by atoms with van der Waals surface area (Å²) >= 11 is 0. The third-order valence-electron chi connectivity index (χ3n) is 2.62. The molecule has 0 aliphatic carbocycles. The number of nitrogens with one attached hydrogen (secondary N) is 1. The molecule has 1 rings (SSSR count). The standard InChI is InChI=1S/C13H18F2N2O/c1-13(2,8-16)17-12(18)6-3-9-7-10(14)4-5-11(9)15/h4-5,7H,3,6,8,16H2,1-2H3,(H,17,18). The predicted molar refractivity (Wildman–Crippen MR) is 66.0 cm³/mol. The maximum absolute atomic E-state index is 13.3. The van der Waals surface area contributed by atoms with Crippen molar-refractivity contribution in [1.82, 2.24) is 5.32 Å². The highest BCUT2D eigenvalue weighted by Crippen LogP contribution is 2.12. The Labute approximate surface area is 105 Å². The van der Waals surface area contributed by atoms with E-state index in [-0.39, 0.29) is 24.3 Å². The summed E-state index contributed by atoms with van der Waals surface area (Å²) in [4.78, 5) is 11.6. The molecule has 0 aromatic heterocycles. The predicted octanol–water partition coefficient (Wildman–Crippen LogP) is 1.75. The second-order valence-electron chi connectivity index (χ2n) is 4.87. The second-order valence-corrected chi connectivity index (χ2v) is 4.87. The third-order valence-corrected chi connectivity index (χ3v) is 2.62. The normalized spacial score (nSPS) is 11.4. The summed E-state index contributed by atoms with van der Waals surface area (Å²) in [6.45, 7) is 3.91. The number of carbonyl (C=O) groups excluding carboxylic acids is 1. The number of aryl methyl sites for hydroxylation is 1. The topological polar surface area (TPSA) is 55.1 Å². The Hall–Kier alpha value is -1.49. The third kappa shape index (κ3) is 4.41. The maximum atomic E-state index is 13.3. The number of benzene rings is 1. The van der Waals surface area contributed by atoms with Gasteiger partial charge in [0.05, 0.1) is 0 Å². The Morgan fingerprint density at radius 1 is 1.39 bits per heavy atom. The molecule has 1 amide bonds. The summed E-state index contributed by atoms with van der Waals surface area (Å²) in [5, 5.41) is 2.73. The first-order chi connectivity index (χ1) is 8.34. The highest BCUT2D eigenvalue weighted by Gasteiger charge is 2.18. The fraction of sp³-hybridized carbons (Fsp3) is 0.462. The van der Waals surface area contributed by atoms with Gasteiger partial charge in [0.2, 0.25) is 5.91 Å². The van der Waals surface area contributed by atoms with Crippen LogP contribution in [0.1, 0.15) is 25.8 Å². The summed E-state index contributed by atoms with van der Waals surface area (Å²) in [6, 6.07) is 3.22. The van der Waals surface area contributed by atoms with Gasteiger partial charge in [0.1, 0.15) is 11.6 Å². The molecule has 0 saturated heterocycles. The minimum atomic E-state index is -0.505. The molecule has 0 bridgehead atoms. The highest BCUT2D eigenvalue weighted by atomic mass is 19.1. The van der Waals surface area contributed by atoms with Gasteiger partial charge in [0.25, 0.3) is 0 Å². The van der Waals surface area contributed by atoms with E-state index in [9.17, 15) is 13.6 Å². The highest BCUT2D eigenvalue weighted by molar-refractivity contribution is 5.77. The molecule has 1 aromatic carbocycles. The second kappa shape index (κ2) is 5.91. The number of hydrogen-bond donors (Lipinski definition) is 2. The van der Waals surface area contributed by atoms with E-state index in [0.717, 1.165) is 18.2 Å². The minimum Gasteiger partial charge on any atom is -0.350 e. The quantitative estimate of drug-likeness (QED) is 0.843. The maximum Gasteiger partial charge on any atom is 0.220 e. The molecular weight excluding hydrogens is 238 g/mol. The van der Waals surface area contributed by atoms with E-state index < -0.39 is 17.2 Å². The van der Waals surface area contributed by atoms with Crippen LogP contribution in [0.4, 0.5) is 8.78 Å². The van der Waals surface area contributed by atoms with Gasteiger partial charge >= 0.3 is 0 Å². The number of nitrogens with two attached hydrogens (primary N) is 1. The van der Waals surface area contributed by atoms with E-state index in [0.29, 0.717) is 6.54 Å². The smallest absolute Gasteiger partial charge is 0.220 e. The lowest BCUT2D eigenvalue weighted by Gasteiger charge is -2.24. The van der Waals surface area contributed by atoms with Crippen molar-refractivity contribution in [2.75, 3.05) is 6.54 Å². The van der Waals surface area contributed by atoms with Crippen LogP contribution in [-0.2, 0) is 11.2 Å². The van der Waals surface area contributed by atoms with Crippen molar-refractivity contribution in [1.29, 1.82) is 0 Å². The van der Waals surface area contributed by atoms with Crippen molar-refractivity contribution < 1.29 is 13.6 Å². The van der Waals surface area contributed by atoms with Crippen LogP contribution in [0.3, 0.4) is 0 Å². The summed E-state index contributed by atoms with van der Waals surface area (Å²) in [7, 11) is 0. The number of halogens is 2. The van der Waals surface area contributed by atoms with E-state index in [1.165, 1.54) is 0 Å². The zero-order valence-corrected chi connectivity index (χ0v) is 10.6. The summed E-state index contributed by atoms with van der Waals surface area (Å²) in [5.41, 5.74) is 5.20. The van der Waals surface area contributed by atoms with Crippen LogP contribution in [0.25, 0.3) is 0 Å². The van der Waals surface area contributed by atoms with E-state index in [1.807, 2.05) is 0 Å². The molecule has 0 radical (unpaired) electrons. The van der Waals surface area contributed by atoms with Gasteiger partial charge < -0.3 is 11.1 Å². The Kier molecular flexibility index (Phi) is 4.78. The lowest BCUT2D eigenvalue weighted by molar-refractivity contribution is -0.122. The largest absolute Gasteiger partial charge is 0.350 e. The van der Waals surface area contributed by atoms with Gasteiger partial charge in [-0.05, 0) is 44.0 Å². The van der Waals surface area contributed by atoms with Gasteiger partial charge in [-0.3, -0.25) is 4.79 Å². The average molecular weight is 256 g/mol. The Balaban J connectivity index is 2.55. The van der Waals surface area contributed by atoms with Gasteiger partial charge in [-0.25, -0.2) is 8.78 Å². The Morgan fingerprint density at radius 2 is 2.06 bits per heavy atom. The van der Waals surface area contributed by atoms with Crippen LogP contribution >= 0.6 is 0 Å². The van der Waals surface area contributed by atoms with Crippen LogP contribution in [0.5, 0.6) is 0 Å². The molecule has 0 saturated carbocycles. The van der Waals surface area contributed by atoms with Crippen molar-refractivity contribution in [3.05, 3.63) is 35.4 Å². The van der Waals surface area contributed by atoms with Crippen LogP contribution < -0.4 is 11.1 Å².